The van der Waals surface area contributed by atoms with Gasteiger partial charge in [0, 0.05) is 12.0 Å². The van der Waals surface area contributed by atoms with E-state index in [1.807, 2.05) is 12.1 Å². The first kappa shape index (κ1) is 14.8. The number of hydrogen-bond acceptors (Lipinski definition) is 3. The lowest BCUT2D eigenvalue weighted by Gasteiger charge is -2.19. The van der Waals surface area contributed by atoms with E-state index < -0.39 is 12.0 Å². The molecule has 0 aliphatic carbocycles. The molecule has 0 saturated carbocycles. The van der Waals surface area contributed by atoms with Crippen LogP contribution in [0.15, 0.2) is 24.3 Å². The van der Waals surface area contributed by atoms with E-state index in [1.54, 1.807) is 4.68 Å². The van der Waals surface area contributed by atoms with E-state index in [2.05, 4.69) is 43.0 Å². The van der Waals surface area contributed by atoms with Crippen molar-refractivity contribution in [3.8, 4) is 11.4 Å². The van der Waals surface area contributed by atoms with Gasteiger partial charge in [-0.05, 0) is 23.8 Å². The predicted molar refractivity (Wildman–Crippen MR) is 83.8 cm³/mol. The standard InChI is InChI=1S/C17H21N3O2/c1-17(2,3)12-9-7-11(8-10-12)15-18-14-6-4-5-13(16(21)22)20(14)19-15/h7-10,13H,4-6H2,1-3H3,(H,21,22). The van der Waals surface area contributed by atoms with Gasteiger partial charge in [-0.3, -0.25) is 0 Å². The summed E-state index contributed by atoms with van der Waals surface area (Å²) in [5.41, 5.74) is 2.29. The highest BCUT2D eigenvalue weighted by Gasteiger charge is 2.28. The van der Waals surface area contributed by atoms with Gasteiger partial charge in [0.05, 0.1) is 0 Å². The number of carboxylic acid groups (broad SMARTS) is 1. The smallest absolute Gasteiger partial charge is 0.328 e. The molecular weight excluding hydrogens is 278 g/mol. The summed E-state index contributed by atoms with van der Waals surface area (Å²) in [6.07, 6.45) is 2.25. The van der Waals surface area contributed by atoms with Gasteiger partial charge in [-0.25, -0.2) is 14.5 Å². The Morgan fingerprint density at radius 2 is 1.95 bits per heavy atom. The number of aryl methyl sites for hydroxylation is 1. The zero-order valence-electron chi connectivity index (χ0n) is 13.2. The summed E-state index contributed by atoms with van der Waals surface area (Å²) >= 11 is 0. The van der Waals surface area contributed by atoms with Crippen LogP contribution < -0.4 is 0 Å². The van der Waals surface area contributed by atoms with Gasteiger partial charge in [-0.15, -0.1) is 5.10 Å². The lowest BCUT2D eigenvalue weighted by molar-refractivity contribution is -0.141. The third kappa shape index (κ3) is 2.63. The van der Waals surface area contributed by atoms with Gasteiger partial charge in [0.25, 0.3) is 0 Å². The van der Waals surface area contributed by atoms with Crippen molar-refractivity contribution in [2.75, 3.05) is 0 Å². The van der Waals surface area contributed by atoms with Crippen molar-refractivity contribution in [3.63, 3.8) is 0 Å². The summed E-state index contributed by atoms with van der Waals surface area (Å²) in [5, 5.41) is 13.7. The number of nitrogens with zero attached hydrogens (tertiary/aromatic N) is 3. The molecule has 5 heteroatoms. The molecule has 1 N–H and O–H groups in total. The second kappa shape index (κ2) is 5.23. The topological polar surface area (TPSA) is 68.0 Å². The molecule has 0 bridgehead atoms. The molecule has 1 aromatic carbocycles. The van der Waals surface area contributed by atoms with E-state index in [0.29, 0.717) is 12.2 Å². The number of rotatable bonds is 2. The van der Waals surface area contributed by atoms with Crippen molar-refractivity contribution < 1.29 is 9.90 Å². The number of aromatic nitrogens is 3. The van der Waals surface area contributed by atoms with Crippen LogP contribution in [0, 0.1) is 0 Å². The largest absolute Gasteiger partial charge is 0.480 e. The molecule has 2 aromatic rings. The van der Waals surface area contributed by atoms with Crippen LogP contribution in [0.2, 0.25) is 0 Å². The fourth-order valence-electron chi connectivity index (χ4n) is 2.82. The van der Waals surface area contributed by atoms with Crippen LogP contribution >= 0.6 is 0 Å². The monoisotopic (exact) mass is 299 g/mol. The summed E-state index contributed by atoms with van der Waals surface area (Å²) < 4.78 is 1.58. The van der Waals surface area contributed by atoms with Crippen molar-refractivity contribution in [2.24, 2.45) is 0 Å². The molecule has 1 aliphatic rings. The SMILES string of the molecule is CC(C)(C)c1ccc(-c2nc3n(n2)C(C(=O)O)CCC3)cc1. The molecule has 5 nitrogen and oxygen atoms in total. The number of carbonyl (C=O) groups is 1. The van der Waals surface area contributed by atoms with Gasteiger partial charge in [0.1, 0.15) is 5.82 Å². The normalized spacial score (nSPS) is 18.0. The summed E-state index contributed by atoms with van der Waals surface area (Å²) in [6, 6.07) is 7.61. The van der Waals surface area contributed by atoms with Crippen LogP contribution in [0.4, 0.5) is 0 Å². The summed E-state index contributed by atoms with van der Waals surface area (Å²) in [6.45, 7) is 6.52. The first-order valence-corrected chi connectivity index (χ1v) is 7.65. The van der Waals surface area contributed by atoms with E-state index in [0.717, 1.165) is 24.2 Å². The first-order chi connectivity index (χ1) is 10.4. The Hall–Kier alpha value is -2.17. The molecular formula is C17H21N3O2. The fourth-order valence-corrected chi connectivity index (χ4v) is 2.82. The van der Waals surface area contributed by atoms with Gasteiger partial charge in [-0.2, -0.15) is 0 Å². The highest BCUT2D eigenvalue weighted by molar-refractivity contribution is 5.72. The maximum absolute atomic E-state index is 11.3. The Kier molecular flexibility index (Phi) is 3.51. The average Bonchev–Trinajstić information content (AvgIpc) is 2.90. The summed E-state index contributed by atoms with van der Waals surface area (Å²) in [4.78, 5) is 15.9. The summed E-state index contributed by atoms with van der Waals surface area (Å²) in [5.74, 6) is 0.553. The van der Waals surface area contributed by atoms with Crippen LogP contribution in [0.3, 0.4) is 0 Å². The minimum absolute atomic E-state index is 0.105. The molecule has 116 valence electrons. The molecule has 2 heterocycles. The van der Waals surface area contributed by atoms with Gasteiger partial charge in [-0.1, -0.05) is 45.0 Å². The van der Waals surface area contributed by atoms with Crippen LogP contribution in [-0.4, -0.2) is 25.8 Å². The Bertz CT molecular complexity index is 696. The zero-order valence-corrected chi connectivity index (χ0v) is 13.2. The molecule has 0 fully saturated rings. The van der Waals surface area contributed by atoms with Crippen LogP contribution in [0.5, 0.6) is 0 Å². The molecule has 0 radical (unpaired) electrons. The van der Waals surface area contributed by atoms with Gasteiger partial charge in [0.2, 0.25) is 0 Å². The Balaban J connectivity index is 1.95. The maximum Gasteiger partial charge on any atom is 0.328 e. The highest BCUT2D eigenvalue weighted by atomic mass is 16.4. The Morgan fingerprint density at radius 1 is 1.27 bits per heavy atom. The van der Waals surface area contributed by atoms with Gasteiger partial charge < -0.3 is 5.11 Å². The minimum Gasteiger partial charge on any atom is -0.480 e. The number of fused-ring (bicyclic) bond motifs is 1. The number of benzene rings is 1. The number of carboxylic acids is 1. The summed E-state index contributed by atoms with van der Waals surface area (Å²) in [7, 11) is 0. The average molecular weight is 299 g/mol. The van der Waals surface area contributed by atoms with E-state index in [4.69, 9.17) is 0 Å². The maximum atomic E-state index is 11.3. The molecule has 0 spiro atoms. The minimum atomic E-state index is -0.833. The van der Waals surface area contributed by atoms with Crippen molar-refractivity contribution >= 4 is 5.97 Å². The van der Waals surface area contributed by atoms with Crippen molar-refractivity contribution in [1.82, 2.24) is 14.8 Å². The highest BCUT2D eigenvalue weighted by Crippen LogP contribution is 2.28. The molecule has 0 saturated heterocycles. The lowest BCUT2D eigenvalue weighted by Crippen LogP contribution is -2.25. The van der Waals surface area contributed by atoms with E-state index in [-0.39, 0.29) is 5.41 Å². The van der Waals surface area contributed by atoms with E-state index in [1.165, 1.54) is 5.56 Å². The van der Waals surface area contributed by atoms with Crippen molar-refractivity contribution in [1.29, 1.82) is 0 Å². The van der Waals surface area contributed by atoms with Crippen LogP contribution in [-0.2, 0) is 16.6 Å². The molecule has 3 rings (SSSR count). The fraction of sp³-hybridized carbons (Fsp3) is 0.471. The second-order valence-corrected chi connectivity index (χ2v) is 6.87. The Morgan fingerprint density at radius 3 is 2.55 bits per heavy atom. The molecule has 1 aromatic heterocycles. The van der Waals surface area contributed by atoms with Crippen molar-refractivity contribution in [3.05, 3.63) is 35.7 Å². The van der Waals surface area contributed by atoms with Gasteiger partial charge >= 0.3 is 5.97 Å². The molecule has 1 unspecified atom stereocenters. The molecule has 1 atom stereocenters. The van der Waals surface area contributed by atoms with Gasteiger partial charge in [0.15, 0.2) is 11.9 Å². The van der Waals surface area contributed by atoms with Crippen LogP contribution in [0.1, 0.15) is 51.0 Å². The molecule has 0 amide bonds. The van der Waals surface area contributed by atoms with E-state index in [9.17, 15) is 9.90 Å². The number of aliphatic carboxylic acids is 1. The second-order valence-electron chi connectivity index (χ2n) is 6.87. The quantitative estimate of drug-likeness (QED) is 0.924. The Labute approximate surface area is 130 Å². The zero-order chi connectivity index (χ0) is 15.9. The molecule has 1 aliphatic heterocycles. The van der Waals surface area contributed by atoms with E-state index >= 15 is 0 Å². The number of hydrogen-bond donors (Lipinski definition) is 1. The van der Waals surface area contributed by atoms with Crippen LogP contribution in [0.25, 0.3) is 11.4 Å². The predicted octanol–water partition coefficient (Wildman–Crippen LogP) is 3.20. The van der Waals surface area contributed by atoms with Crippen molar-refractivity contribution in [2.45, 2.75) is 51.5 Å². The third-order valence-corrected chi connectivity index (χ3v) is 4.17. The molecule has 22 heavy (non-hydrogen) atoms. The third-order valence-electron chi connectivity index (χ3n) is 4.17. The first-order valence-electron chi connectivity index (χ1n) is 7.65. The lowest BCUT2D eigenvalue weighted by atomic mass is 9.87.